The molecule has 0 fully saturated rings. The Hall–Kier alpha value is -2.75. The number of rotatable bonds is 1. The standard InChI is InChI=1S/C16H11NO3/c18-16-12-4-2-1-3-10(12)7-13(17-16)11-5-6-14-15(8-11)20-9-19-14/h1-8H,9H2,(H,17,18). The first kappa shape index (κ1) is 11.1. The number of pyridine rings is 1. The maximum Gasteiger partial charge on any atom is 0.256 e. The highest BCUT2D eigenvalue weighted by Gasteiger charge is 2.14. The zero-order valence-corrected chi connectivity index (χ0v) is 10.6. The second kappa shape index (κ2) is 4.13. The van der Waals surface area contributed by atoms with Crippen LogP contribution >= 0.6 is 0 Å². The Morgan fingerprint density at radius 3 is 2.75 bits per heavy atom. The van der Waals surface area contributed by atoms with Gasteiger partial charge in [0.05, 0.1) is 0 Å². The van der Waals surface area contributed by atoms with Gasteiger partial charge in [-0.3, -0.25) is 4.79 Å². The molecule has 0 saturated carbocycles. The van der Waals surface area contributed by atoms with Crippen molar-refractivity contribution in [3.63, 3.8) is 0 Å². The molecule has 4 heteroatoms. The number of hydrogen-bond donors (Lipinski definition) is 1. The minimum Gasteiger partial charge on any atom is -0.454 e. The topological polar surface area (TPSA) is 51.3 Å². The maximum absolute atomic E-state index is 12.1. The van der Waals surface area contributed by atoms with E-state index >= 15 is 0 Å². The van der Waals surface area contributed by atoms with Crippen LogP contribution in [0, 0.1) is 0 Å². The molecular formula is C16H11NO3. The van der Waals surface area contributed by atoms with Gasteiger partial charge in [-0.15, -0.1) is 0 Å². The Morgan fingerprint density at radius 1 is 0.950 bits per heavy atom. The van der Waals surface area contributed by atoms with Crippen LogP contribution in [0.2, 0.25) is 0 Å². The average Bonchev–Trinajstić information content (AvgIpc) is 2.94. The smallest absolute Gasteiger partial charge is 0.256 e. The van der Waals surface area contributed by atoms with E-state index in [2.05, 4.69) is 4.98 Å². The summed E-state index contributed by atoms with van der Waals surface area (Å²) in [5.41, 5.74) is 1.58. The Kier molecular flexibility index (Phi) is 2.29. The summed E-state index contributed by atoms with van der Waals surface area (Å²) in [4.78, 5) is 15.0. The summed E-state index contributed by atoms with van der Waals surface area (Å²) in [7, 11) is 0. The van der Waals surface area contributed by atoms with E-state index in [4.69, 9.17) is 9.47 Å². The third-order valence-corrected chi connectivity index (χ3v) is 3.44. The van der Waals surface area contributed by atoms with Crippen molar-refractivity contribution in [2.24, 2.45) is 0 Å². The largest absolute Gasteiger partial charge is 0.454 e. The molecule has 1 aliphatic heterocycles. The zero-order valence-electron chi connectivity index (χ0n) is 10.6. The molecule has 4 nitrogen and oxygen atoms in total. The molecule has 1 aliphatic rings. The van der Waals surface area contributed by atoms with Gasteiger partial charge in [0.25, 0.3) is 5.56 Å². The minimum absolute atomic E-state index is 0.0873. The van der Waals surface area contributed by atoms with Crippen molar-refractivity contribution in [2.75, 3.05) is 6.79 Å². The van der Waals surface area contributed by atoms with Crippen LogP contribution in [-0.4, -0.2) is 11.8 Å². The van der Waals surface area contributed by atoms with Crippen molar-refractivity contribution in [1.29, 1.82) is 0 Å². The third-order valence-electron chi connectivity index (χ3n) is 3.44. The normalized spacial score (nSPS) is 12.8. The molecule has 0 unspecified atom stereocenters. The predicted octanol–water partition coefficient (Wildman–Crippen LogP) is 2.92. The fourth-order valence-electron chi connectivity index (χ4n) is 2.43. The molecule has 0 spiro atoms. The van der Waals surface area contributed by atoms with Crippen LogP contribution in [0.1, 0.15) is 0 Å². The monoisotopic (exact) mass is 265 g/mol. The molecule has 1 aromatic heterocycles. The lowest BCUT2D eigenvalue weighted by Gasteiger charge is -2.05. The molecule has 3 aromatic rings. The lowest BCUT2D eigenvalue weighted by Crippen LogP contribution is -2.06. The van der Waals surface area contributed by atoms with Crippen LogP contribution in [-0.2, 0) is 0 Å². The van der Waals surface area contributed by atoms with Gasteiger partial charge in [0.15, 0.2) is 11.5 Å². The molecule has 4 rings (SSSR count). The number of benzene rings is 2. The third kappa shape index (κ3) is 1.66. The van der Waals surface area contributed by atoms with Crippen molar-refractivity contribution < 1.29 is 9.47 Å². The Labute approximate surface area is 114 Å². The van der Waals surface area contributed by atoms with Crippen molar-refractivity contribution >= 4 is 10.8 Å². The summed E-state index contributed by atoms with van der Waals surface area (Å²) >= 11 is 0. The molecule has 2 aromatic carbocycles. The molecule has 0 aliphatic carbocycles. The molecule has 0 radical (unpaired) electrons. The summed E-state index contributed by atoms with van der Waals surface area (Å²) in [5.74, 6) is 1.44. The van der Waals surface area contributed by atoms with Gasteiger partial charge in [0.2, 0.25) is 6.79 Å². The van der Waals surface area contributed by atoms with Crippen LogP contribution in [0.5, 0.6) is 11.5 Å². The number of fused-ring (bicyclic) bond motifs is 2. The van der Waals surface area contributed by atoms with Gasteiger partial charge >= 0.3 is 0 Å². The summed E-state index contributed by atoms with van der Waals surface area (Å²) in [6.07, 6.45) is 0. The van der Waals surface area contributed by atoms with Crippen LogP contribution in [0.15, 0.2) is 53.3 Å². The second-order valence-electron chi connectivity index (χ2n) is 4.67. The number of ether oxygens (including phenoxy) is 2. The Morgan fingerprint density at radius 2 is 1.80 bits per heavy atom. The van der Waals surface area contributed by atoms with Gasteiger partial charge in [0.1, 0.15) is 0 Å². The minimum atomic E-state index is -0.0873. The van der Waals surface area contributed by atoms with Crippen LogP contribution in [0.25, 0.3) is 22.0 Å². The Bertz CT molecular complexity index is 867. The number of nitrogens with one attached hydrogen (secondary N) is 1. The molecule has 0 amide bonds. The van der Waals surface area contributed by atoms with E-state index in [0.29, 0.717) is 11.1 Å². The van der Waals surface area contributed by atoms with E-state index in [1.807, 2.05) is 48.5 Å². The molecule has 20 heavy (non-hydrogen) atoms. The summed E-state index contributed by atoms with van der Waals surface area (Å²) in [6.45, 7) is 0.243. The number of hydrogen-bond acceptors (Lipinski definition) is 3. The molecule has 0 saturated heterocycles. The van der Waals surface area contributed by atoms with E-state index in [-0.39, 0.29) is 12.4 Å². The van der Waals surface area contributed by atoms with Gasteiger partial charge in [-0.25, -0.2) is 0 Å². The summed E-state index contributed by atoms with van der Waals surface area (Å²) in [6, 6.07) is 15.1. The van der Waals surface area contributed by atoms with E-state index in [9.17, 15) is 4.79 Å². The molecule has 2 heterocycles. The van der Waals surface area contributed by atoms with Gasteiger partial charge in [0, 0.05) is 16.6 Å². The highest BCUT2D eigenvalue weighted by Crippen LogP contribution is 2.35. The van der Waals surface area contributed by atoms with E-state index in [1.54, 1.807) is 0 Å². The number of aromatic amines is 1. The highest BCUT2D eigenvalue weighted by molar-refractivity contribution is 5.85. The van der Waals surface area contributed by atoms with Crippen LogP contribution < -0.4 is 15.0 Å². The van der Waals surface area contributed by atoms with Crippen molar-refractivity contribution in [1.82, 2.24) is 4.98 Å². The first-order chi connectivity index (χ1) is 9.81. The van der Waals surface area contributed by atoms with Crippen LogP contribution in [0.4, 0.5) is 0 Å². The van der Waals surface area contributed by atoms with Crippen LogP contribution in [0.3, 0.4) is 0 Å². The van der Waals surface area contributed by atoms with Crippen molar-refractivity contribution in [2.45, 2.75) is 0 Å². The lowest BCUT2D eigenvalue weighted by molar-refractivity contribution is 0.174. The van der Waals surface area contributed by atoms with E-state index in [0.717, 1.165) is 22.4 Å². The SMILES string of the molecule is O=c1[nH]c(-c2ccc3c(c2)OCO3)cc2ccccc12. The van der Waals surface area contributed by atoms with Gasteiger partial charge in [-0.05, 0) is 35.7 Å². The number of aromatic nitrogens is 1. The summed E-state index contributed by atoms with van der Waals surface area (Å²) in [5, 5.41) is 1.61. The summed E-state index contributed by atoms with van der Waals surface area (Å²) < 4.78 is 10.7. The zero-order chi connectivity index (χ0) is 13.5. The predicted molar refractivity (Wildman–Crippen MR) is 76.1 cm³/mol. The van der Waals surface area contributed by atoms with E-state index < -0.39 is 0 Å². The molecular weight excluding hydrogens is 254 g/mol. The highest BCUT2D eigenvalue weighted by atomic mass is 16.7. The molecule has 0 bridgehead atoms. The lowest BCUT2D eigenvalue weighted by atomic mass is 10.1. The van der Waals surface area contributed by atoms with Gasteiger partial charge in [-0.2, -0.15) is 0 Å². The first-order valence-electron chi connectivity index (χ1n) is 6.33. The number of H-pyrrole nitrogens is 1. The van der Waals surface area contributed by atoms with E-state index in [1.165, 1.54) is 0 Å². The fraction of sp³-hybridized carbons (Fsp3) is 0.0625. The second-order valence-corrected chi connectivity index (χ2v) is 4.67. The van der Waals surface area contributed by atoms with Crippen molar-refractivity contribution in [3.05, 3.63) is 58.9 Å². The first-order valence-corrected chi connectivity index (χ1v) is 6.33. The molecule has 0 atom stereocenters. The Balaban J connectivity index is 1.92. The quantitative estimate of drug-likeness (QED) is 0.736. The molecule has 98 valence electrons. The fourth-order valence-corrected chi connectivity index (χ4v) is 2.43. The maximum atomic E-state index is 12.1. The van der Waals surface area contributed by atoms with Gasteiger partial charge < -0.3 is 14.5 Å². The van der Waals surface area contributed by atoms with Gasteiger partial charge in [-0.1, -0.05) is 18.2 Å². The van der Waals surface area contributed by atoms with Crippen molar-refractivity contribution in [3.8, 4) is 22.8 Å². The average molecular weight is 265 g/mol. The molecule has 1 N–H and O–H groups in total.